The fourth-order valence-corrected chi connectivity index (χ4v) is 7.25. The molecular weight excluding hydrogens is 741 g/mol. The molecule has 0 saturated heterocycles. The normalized spacial score (nSPS) is 14.8. The third kappa shape index (κ3) is 9.62. The molecular formula is C46H52N2O10. The monoisotopic (exact) mass is 792 g/mol. The van der Waals surface area contributed by atoms with Crippen LogP contribution in [0.3, 0.4) is 0 Å². The zero-order valence-corrected chi connectivity index (χ0v) is 34.4. The van der Waals surface area contributed by atoms with Crippen molar-refractivity contribution in [2.24, 2.45) is 0 Å². The predicted octanol–water partition coefficient (Wildman–Crippen LogP) is 7.57. The van der Waals surface area contributed by atoms with Gasteiger partial charge in [-0.05, 0) is 102 Å². The van der Waals surface area contributed by atoms with Crippen LogP contribution in [0.25, 0.3) is 0 Å². The molecule has 0 saturated carbocycles. The molecule has 0 atom stereocenters. The maximum absolute atomic E-state index is 13.2. The van der Waals surface area contributed by atoms with Gasteiger partial charge in [-0.1, -0.05) is 48.5 Å². The highest BCUT2D eigenvalue weighted by Gasteiger charge is 2.39. The van der Waals surface area contributed by atoms with Crippen LogP contribution < -0.4 is 20.1 Å². The van der Waals surface area contributed by atoms with Gasteiger partial charge in [0.25, 0.3) is 0 Å². The first-order valence-corrected chi connectivity index (χ1v) is 19.5. The molecule has 0 unspecified atom stereocenters. The van der Waals surface area contributed by atoms with E-state index in [1.807, 2.05) is 72.8 Å². The van der Waals surface area contributed by atoms with Gasteiger partial charge in [0.1, 0.15) is 24.7 Å². The summed E-state index contributed by atoms with van der Waals surface area (Å²) in [6.45, 7) is 15.4. The van der Waals surface area contributed by atoms with Gasteiger partial charge >= 0.3 is 23.9 Å². The van der Waals surface area contributed by atoms with E-state index in [0.717, 1.165) is 11.1 Å². The molecule has 5 rings (SSSR count). The summed E-state index contributed by atoms with van der Waals surface area (Å²) in [7, 11) is 0. The summed E-state index contributed by atoms with van der Waals surface area (Å²) in [4.78, 5) is 52.7. The second kappa shape index (κ2) is 19.7. The second-order valence-electron chi connectivity index (χ2n) is 13.6. The summed E-state index contributed by atoms with van der Waals surface area (Å²) >= 11 is 0. The van der Waals surface area contributed by atoms with Crippen molar-refractivity contribution in [3.05, 3.63) is 140 Å². The van der Waals surface area contributed by atoms with Gasteiger partial charge in [0, 0.05) is 22.8 Å². The minimum Gasteiger partial charge on any atom is -0.489 e. The van der Waals surface area contributed by atoms with E-state index >= 15 is 0 Å². The molecule has 0 aliphatic carbocycles. The highest BCUT2D eigenvalue weighted by Crippen LogP contribution is 2.41. The Hall–Kier alpha value is -6.30. The lowest BCUT2D eigenvalue weighted by Gasteiger charge is -2.30. The molecule has 0 spiro atoms. The van der Waals surface area contributed by atoms with E-state index in [4.69, 9.17) is 28.4 Å². The van der Waals surface area contributed by atoms with Crippen molar-refractivity contribution < 1.29 is 47.6 Å². The van der Waals surface area contributed by atoms with Gasteiger partial charge in [0.15, 0.2) is 0 Å². The van der Waals surface area contributed by atoms with E-state index in [-0.39, 0.29) is 39.6 Å². The second-order valence-corrected chi connectivity index (χ2v) is 13.6. The highest BCUT2D eigenvalue weighted by molar-refractivity contribution is 6.01. The van der Waals surface area contributed by atoms with Crippen LogP contribution in [-0.4, -0.2) is 50.3 Å². The van der Waals surface area contributed by atoms with Gasteiger partial charge in [-0.25, -0.2) is 19.2 Å². The zero-order chi connectivity index (χ0) is 41.9. The summed E-state index contributed by atoms with van der Waals surface area (Å²) in [5.74, 6) is -2.22. The van der Waals surface area contributed by atoms with E-state index in [1.165, 1.54) is 0 Å². The molecule has 2 aliphatic heterocycles. The molecule has 58 heavy (non-hydrogen) atoms. The van der Waals surface area contributed by atoms with Crippen LogP contribution in [0.1, 0.15) is 89.5 Å². The van der Waals surface area contributed by atoms with Crippen LogP contribution in [0.5, 0.6) is 11.5 Å². The van der Waals surface area contributed by atoms with E-state index in [2.05, 4.69) is 10.6 Å². The van der Waals surface area contributed by atoms with Gasteiger partial charge in [0.2, 0.25) is 0 Å². The standard InChI is InChI=1S/C46H52N2O10/c1-9-53-43(49)37-27(5)47-28(6)38(44(50)54-10-2)41(37)31-17-21-35(22-18-31)57-25-33-15-13-14-16-34(33)26-58-36-23-19-32(20-24-36)42-39(45(51)55-11-3)29(7)48-30(8)40(42)46(52)56-12-4/h13-24,41-42,47-48H,9-12,25-26H2,1-8H3. The number of allylic oxidation sites excluding steroid dienone is 4. The van der Waals surface area contributed by atoms with Crippen molar-refractivity contribution >= 4 is 23.9 Å². The first-order chi connectivity index (χ1) is 27.9. The highest BCUT2D eigenvalue weighted by atomic mass is 16.5. The lowest BCUT2D eigenvalue weighted by atomic mass is 9.80. The molecule has 0 aromatic heterocycles. The average Bonchev–Trinajstić information content (AvgIpc) is 3.19. The molecule has 12 nitrogen and oxygen atoms in total. The maximum Gasteiger partial charge on any atom is 0.336 e. The van der Waals surface area contributed by atoms with Crippen molar-refractivity contribution in [1.82, 2.24) is 10.6 Å². The number of nitrogens with one attached hydrogen (secondary N) is 2. The van der Waals surface area contributed by atoms with Crippen LogP contribution in [-0.2, 0) is 51.3 Å². The summed E-state index contributed by atoms with van der Waals surface area (Å²) in [6.07, 6.45) is 0. The van der Waals surface area contributed by atoms with Crippen LogP contribution in [0.4, 0.5) is 0 Å². The number of hydrogen-bond donors (Lipinski definition) is 2. The minimum atomic E-state index is -0.694. The number of benzene rings is 3. The van der Waals surface area contributed by atoms with Gasteiger partial charge in [-0.15, -0.1) is 0 Å². The Morgan fingerprint density at radius 2 is 0.724 bits per heavy atom. The number of dihydropyridines is 2. The lowest BCUT2D eigenvalue weighted by molar-refractivity contribution is -0.141. The van der Waals surface area contributed by atoms with Gasteiger partial charge in [-0.3, -0.25) is 0 Å². The third-order valence-corrected chi connectivity index (χ3v) is 9.84. The van der Waals surface area contributed by atoms with Crippen molar-refractivity contribution in [2.75, 3.05) is 26.4 Å². The molecule has 306 valence electrons. The quantitative estimate of drug-likeness (QED) is 0.109. The Morgan fingerprint density at radius 3 is 0.983 bits per heavy atom. The first kappa shape index (κ1) is 42.8. The van der Waals surface area contributed by atoms with E-state index in [0.29, 0.717) is 67.7 Å². The third-order valence-electron chi connectivity index (χ3n) is 9.84. The molecule has 2 aliphatic rings. The van der Waals surface area contributed by atoms with Crippen molar-refractivity contribution in [2.45, 2.75) is 80.4 Å². The predicted molar refractivity (Wildman–Crippen MR) is 217 cm³/mol. The number of rotatable bonds is 16. The molecule has 3 aromatic carbocycles. The largest absolute Gasteiger partial charge is 0.489 e. The molecule has 0 radical (unpaired) electrons. The SMILES string of the molecule is CCOC(=O)C1=C(C)NC(C)=C(C(=O)OCC)C1c1ccc(OCc2ccccc2COc2ccc(C3C(C(=O)OCC)=C(C)NC(C)=C3C(=O)OCC)cc2)cc1. The molecule has 3 aromatic rings. The van der Waals surface area contributed by atoms with E-state index < -0.39 is 35.7 Å². The van der Waals surface area contributed by atoms with Gasteiger partial charge in [-0.2, -0.15) is 0 Å². The van der Waals surface area contributed by atoms with Gasteiger partial charge < -0.3 is 39.1 Å². The molecule has 2 heterocycles. The summed E-state index contributed by atoms with van der Waals surface area (Å²) < 4.78 is 34.0. The Labute approximate surface area is 339 Å². The fraction of sp³-hybridized carbons (Fsp3) is 0.348. The fourth-order valence-electron chi connectivity index (χ4n) is 7.25. The smallest absolute Gasteiger partial charge is 0.336 e. The molecule has 0 bridgehead atoms. The number of carbonyl (C=O) groups is 4. The van der Waals surface area contributed by atoms with Crippen LogP contribution in [0.2, 0.25) is 0 Å². The Morgan fingerprint density at radius 1 is 0.448 bits per heavy atom. The maximum atomic E-state index is 13.2. The Bertz CT molecular complexity index is 1910. The molecule has 0 fully saturated rings. The number of hydrogen-bond acceptors (Lipinski definition) is 12. The van der Waals surface area contributed by atoms with Crippen LogP contribution in [0, 0.1) is 0 Å². The lowest BCUT2D eigenvalue weighted by Crippen LogP contribution is -2.32. The number of carbonyl (C=O) groups excluding carboxylic acids is 4. The summed E-state index contributed by atoms with van der Waals surface area (Å²) in [5, 5.41) is 6.31. The van der Waals surface area contributed by atoms with Crippen molar-refractivity contribution in [3.8, 4) is 11.5 Å². The number of esters is 4. The van der Waals surface area contributed by atoms with Crippen LogP contribution in [0.15, 0.2) is 118 Å². The Balaban J connectivity index is 1.31. The van der Waals surface area contributed by atoms with Gasteiger partial charge in [0.05, 0.1) is 60.6 Å². The molecule has 12 heteroatoms. The topological polar surface area (TPSA) is 148 Å². The summed E-state index contributed by atoms with van der Waals surface area (Å²) in [6, 6.07) is 22.4. The molecule has 0 amide bonds. The average molecular weight is 793 g/mol. The molecule has 2 N–H and O–H groups in total. The number of ether oxygens (including phenoxy) is 6. The first-order valence-electron chi connectivity index (χ1n) is 19.5. The van der Waals surface area contributed by atoms with Crippen molar-refractivity contribution in [3.63, 3.8) is 0 Å². The minimum absolute atomic E-state index is 0.192. The van der Waals surface area contributed by atoms with Crippen LogP contribution >= 0.6 is 0 Å². The summed E-state index contributed by atoms with van der Waals surface area (Å²) in [5.41, 5.74) is 7.09. The van der Waals surface area contributed by atoms with Crippen molar-refractivity contribution in [1.29, 1.82) is 0 Å². The van der Waals surface area contributed by atoms with E-state index in [1.54, 1.807) is 55.4 Å². The zero-order valence-electron chi connectivity index (χ0n) is 34.4. The van der Waals surface area contributed by atoms with E-state index in [9.17, 15) is 19.2 Å². The Kier molecular flexibility index (Phi) is 14.6.